The number of aromatic nitrogens is 10. The fourth-order valence-electron chi connectivity index (χ4n) is 3.74. The van der Waals surface area contributed by atoms with Crippen molar-refractivity contribution < 1.29 is 33.8 Å². The van der Waals surface area contributed by atoms with Gasteiger partial charge in [-0.25, -0.2) is 24.8 Å². The predicted octanol–water partition coefficient (Wildman–Crippen LogP) is 2.17. The smallest absolute Gasteiger partial charge is 0.359 e. The zero-order chi connectivity index (χ0) is 31.9. The SMILES string of the molecule is O=C(O)c1[nH]nnc1Oc1ccc(C#Cc2c[n+](-c3cncc(C#Cc4cccc(Oc5nn[nH]c5C(=O)O)c4)n3)ccn2)cc1. The molecule has 16 heteroatoms. The Balaban J connectivity index is 1.14. The van der Waals surface area contributed by atoms with Crippen molar-refractivity contribution in [2.24, 2.45) is 0 Å². The minimum absolute atomic E-state index is 0.150. The van der Waals surface area contributed by atoms with E-state index < -0.39 is 11.9 Å². The fraction of sp³-hybridized carbons (Fsp3) is 0. The van der Waals surface area contributed by atoms with Crippen LogP contribution in [0.4, 0.5) is 0 Å². The molecule has 0 saturated heterocycles. The summed E-state index contributed by atoms with van der Waals surface area (Å²) >= 11 is 0. The summed E-state index contributed by atoms with van der Waals surface area (Å²) < 4.78 is 12.7. The molecule has 222 valence electrons. The second kappa shape index (κ2) is 12.8. The topological polar surface area (TPSA) is 219 Å². The van der Waals surface area contributed by atoms with Gasteiger partial charge in [0, 0.05) is 11.1 Å². The van der Waals surface area contributed by atoms with E-state index in [0.717, 1.165) is 0 Å². The molecule has 0 bridgehead atoms. The molecule has 0 radical (unpaired) electrons. The van der Waals surface area contributed by atoms with Crippen LogP contribution in [0.5, 0.6) is 23.3 Å². The summed E-state index contributed by atoms with van der Waals surface area (Å²) in [7, 11) is 0. The van der Waals surface area contributed by atoms with Gasteiger partial charge in [0.1, 0.15) is 30.1 Å². The molecule has 2 aromatic carbocycles. The van der Waals surface area contributed by atoms with Gasteiger partial charge < -0.3 is 19.7 Å². The maximum atomic E-state index is 11.3. The van der Waals surface area contributed by atoms with Crippen LogP contribution < -0.4 is 14.0 Å². The number of hydrogen-bond donors (Lipinski definition) is 4. The zero-order valence-corrected chi connectivity index (χ0v) is 23.1. The third-order valence-electron chi connectivity index (χ3n) is 5.84. The molecule has 4 aromatic heterocycles. The Morgan fingerprint density at radius 1 is 0.761 bits per heavy atom. The van der Waals surface area contributed by atoms with Crippen molar-refractivity contribution in [1.82, 2.24) is 45.8 Å². The van der Waals surface area contributed by atoms with E-state index in [4.69, 9.17) is 14.6 Å². The average molecular weight is 614 g/mol. The van der Waals surface area contributed by atoms with Crippen LogP contribution in [0, 0.1) is 23.7 Å². The standard InChI is InChI=1S/C30H16N10O6/c41-29(42)25-27(36-38-34-25)45-22-10-6-18(7-11-22)4-9-21-17-40(13-12-32-21)24-16-31-15-20(33-24)8-5-19-2-1-3-23(14-19)46-28-26(30(43)44)35-39-37-28/h1-3,6-7,10-17H,(H3-,34,35,36,37,38,39,41,42,43,44)/p+1. The molecule has 0 atom stereocenters. The Kier molecular flexibility index (Phi) is 7.98. The number of aromatic carboxylic acids is 2. The van der Waals surface area contributed by atoms with Crippen LogP contribution in [0.25, 0.3) is 5.82 Å². The number of H-pyrrole nitrogens is 2. The Labute approximate surface area is 257 Å². The minimum atomic E-state index is -1.25. The van der Waals surface area contributed by atoms with E-state index in [9.17, 15) is 14.7 Å². The van der Waals surface area contributed by atoms with Gasteiger partial charge in [0.05, 0.1) is 12.4 Å². The summed E-state index contributed by atoms with van der Waals surface area (Å²) in [5, 5.41) is 37.0. The molecule has 0 aliphatic heterocycles. The van der Waals surface area contributed by atoms with Crippen molar-refractivity contribution in [3.05, 3.63) is 113 Å². The number of nitrogens with zero attached hydrogens (tertiary/aromatic N) is 8. The van der Waals surface area contributed by atoms with Gasteiger partial charge in [-0.15, -0.1) is 0 Å². The maximum Gasteiger partial charge on any atom is 0.359 e. The normalized spacial score (nSPS) is 10.2. The lowest BCUT2D eigenvalue weighted by Gasteiger charge is -2.02. The van der Waals surface area contributed by atoms with Crippen LogP contribution in [0.2, 0.25) is 0 Å². The first-order valence-corrected chi connectivity index (χ1v) is 13.0. The average Bonchev–Trinajstić information content (AvgIpc) is 3.74. The van der Waals surface area contributed by atoms with E-state index in [2.05, 4.69) is 69.5 Å². The van der Waals surface area contributed by atoms with Crippen molar-refractivity contribution in [3.8, 4) is 52.8 Å². The highest BCUT2D eigenvalue weighted by Gasteiger charge is 2.17. The number of carboxylic acids is 2. The lowest BCUT2D eigenvalue weighted by atomic mass is 10.2. The number of aromatic amines is 2. The number of nitrogens with one attached hydrogen (secondary N) is 2. The maximum absolute atomic E-state index is 11.3. The van der Waals surface area contributed by atoms with Crippen LogP contribution in [0.1, 0.15) is 43.5 Å². The van der Waals surface area contributed by atoms with Crippen LogP contribution >= 0.6 is 0 Å². The second-order valence-corrected chi connectivity index (χ2v) is 8.96. The Hall–Kier alpha value is -7.46. The molecule has 6 aromatic rings. The quantitative estimate of drug-likeness (QED) is 0.150. The Bertz CT molecular complexity index is 2210. The largest absolute Gasteiger partial charge is 0.476 e. The van der Waals surface area contributed by atoms with E-state index in [0.29, 0.717) is 39.8 Å². The second-order valence-electron chi connectivity index (χ2n) is 8.96. The van der Waals surface area contributed by atoms with Crippen molar-refractivity contribution in [2.75, 3.05) is 0 Å². The first-order valence-electron chi connectivity index (χ1n) is 13.0. The van der Waals surface area contributed by atoms with Gasteiger partial charge in [-0.1, -0.05) is 38.5 Å². The third-order valence-corrected chi connectivity index (χ3v) is 5.84. The number of carbonyl (C=O) groups is 2. The molecule has 0 aliphatic rings. The molecule has 0 amide bonds. The molecular formula is C30H17N10O6+. The molecule has 0 spiro atoms. The van der Waals surface area contributed by atoms with Crippen LogP contribution in [0.15, 0.2) is 79.5 Å². The van der Waals surface area contributed by atoms with Gasteiger partial charge in [0.2, 0.25) is 17.1 Å². The minimum Gasteiger partial charge on any atom is -0.476 e. The highest BCUT2D eigenvalue weighted by atomic mass is 16.5. The number of rotatable bonds is 7. The van der Waals surface area contributed by atoms with Crippen molar-refractivity contribution >= 4 is 11.9 Å². The summed E-state index contributed by atoms with van der Waals surface area (Å²) in [4.78, 5) is 35.5. The lowest BCUT2D eigenvalue weighted by molar-refractivity contribution is -0.600. The summed E-state index contributed by atoms with van der Waals surface area (Å²) in [6.07, 6.45) is 8.06. The molecule has 4 heterocycles. The van der Waals surface area contributed by atoms with E-state index >= 15 is 0 Å². The van der Waals surface area contributed by atoms with E-state index in [1.807, 2.05) is 0 Å². The van der Waals surface area contributed by atoms with Crippen LogP contribution in [-0.2, 0) is 0 Å². The third kappa shape index (κ3) is 6.77. The van der Waals surface area contributed by atoms with Crippen molar-refractivity contribution in [3.63, 3.8) is 0 Å². The molecule has 6 rings (SSSR count). The molecule has 0 aliphatic carbocycles. The highest BCUT2D eigenvalue weighted by Crippen LogP contribution is 2.23. The first-order chi connectivity index (χ1) is 22.4. The van der Waals surface area contributed by atoms with Crippen molar-refractivity contribution in [1.29, 1.82) is 0 Å². The van der Waals surface area contributed by atoms with E-state index in [-0.39, 0.29) is 23.1 Å². The number of benzene rings is 2. The summed E-state index contributed by atoms with van der Waals surface area (Å²) in [5.41, 5.74) is 1.58. The fourth-order valence-corrected chi connectivity index (χ4v) is 3.74. The molecule has 0 saturated carbocycles. The molecule has 0 fully saturated rings. The molecule has 0 unspecified atom stereocenters. The summed E-state index contributed by atoms with van der Waals surface area (Å²) in [6.45, 7) is 0. The zero-order valence-electron chi connectivity index (χ0n) is 23.1. The highest BCUT2D eigenvalue weighted by molar-refractivity contribution is 5.88. The Morgan fingerprint density at radius 2 is 1.43 bits per heavy atom. The van der Waals surface area contributed by atoms with E-state index in [1.54, 1.807) is 77.9 Å². The van der Waals surface area contributed by atoms with Crippen molar-refractivity contribution in [2.45, 2.75) is 0 Å². The number of carboxylic acid groups (broad SMARTS) is 2. The summed E-state index contributed by atoms with van der Waals surface area (Å²) in [5.74, 6) is 10.3. The van der Waals surface area contributed by atoms with Gasteiger partial charge in [0.15, 0.2) is 5.69 Å². The lowest BCUT2D eigenvalue weighted by Crippen LogP contribution is -2.32. The molecule has 4 N–H and O–H groups in total. The van der Waals surface area contributed by atoms with Crippen LogP contribution in [0.3, 0.4) is 0 Å². The molecular weight excluding hydrogens is 596 g/mol. The van der Waals surface area contributed by atoms with Gasteiger partial charge in [0.25, 0.3) is 11.8 Å². The predicted molar refractivity (Wildman–Crippen MR) is 153 cm³/mol. The van der Waals surface area contributed by atoms with Gasteiger partial charge >= 0.3 is 17.8 Å². The van der Waals surface area contributed by atoms with Gasteiger partial charge in [-0.2, -0.15) is 4.57 Å². The number of ether oxygens (including phenoxy) is 2. The number of hydrogen-bond acceptors (Lipinski definition) is 11. The van der Waals surface area contributed by atoms with E-state index in [1.165, 1.54) is 6.20 Å². The van der Waals surface area contributed by atoms with Gasteiger partial charge in [-0.05, 0) is 59.3 Å². The molecule has 46 heavy (non-hydrogen) atoms. The van der Waals surface area contributed by atoms with Crippen LogP contribution in [-0.4, -0.2) is 67.9 Å². The summed E-state index contributed by atoms with van der Waals surface area (Å²) in [6, 6.07) is 13.4. The Morgan fingerprint density at radius 3 is 2.15 bits per heavy atom. The molecule has 16 nitrogen and oxygen atoms in total. The first kappa shape index (κ1) is 28.6. The van der Waals surface area contributed by atoms with Gasteiger partial charge in [-0.3, -0.25) is 4.98 Å². The monoisotopic (exact) mass is 613 g/mol.